The van der Waals surface area contributed by atoms with Gasteiger partial charge in [-0.3, -0.25) is 0 Å². The molecule has 0 saturated carbocycles. The van der Waals surface area contributed by atoms with E-state index in [0.717, 1.165) is 11.9 Å². The lowest BCUT2D eigenvalue weighted by atomic mass is 10.3. The number of para-hydroxylation sites is 1. The number of aromatic nitrogens is 5. The van der Waals surface area contributed by atoms with Crippen LogP contribution in [0.1, 0.15) is 16.2 Å². The fourth-order valence-corrected chi connectivity index (χ4v) is 2.80. The molecule has 0 aliphatic rings. The van der Waals surface area contributed by atoms with Crippen LogP contribution in [0.2, 0.25) is 5.02 Å². The predicted octanol–water partition coefficient (Wildman–Crippen LogP) is 1.70. The number of hydrogen-bond donors (Lipinski definition) is 0. The smallest absolute Gasteiger partial charge is 0.412 e. The van der Waals surface area contributed by atoms with Gasteiger partial charge in [0, 0.05) is 17.2 Å². The van der Waals surface area contributed by atoms with Crippen LogP contribution in [0.25, 0.3) is 16.7 Å². The van der Waals surface area contributed by atoms with Crippen LogP contribution >= 0.6 is 11.6 Å². The Morgan fingerprint density at radius 2 is 1.93 bits per heavy atom. The minimum absolute atomic E-state index is 0.0352. The first-order chi connectivity index (χ1) is 13.5. The molecule has 0 aliphatic carbocycles. The fraction of sp³-hybridized carbons (Fsp3) is 0.0556. The molecule has 0 amide bonds. The Balaban J connectivity index is 1.55. The van der Waals surface area contributed by atoms with E-state index in [9.17, 15) is 15.2 Å². The third-order valence-corrected chi connectivity index (χ3v) is 4.21. The van der Waals surface area contributed by atoms with Crippen molar-refractivity contribution >= 4 is 28.6 Å². The Bertz CT molecular complexity index is 1180. The standard InChI is InChI=1S/C18H12ClN5O4/c19-12-6-7-15-16(8-12)24(27)17(10-23(15)26)18(25)28-11-13-9-22(21-20-13)14-4-2-1-3-5-14/h1-10H,11H2. The van der Waals surface area contributed by atoms with Gasteiger partial charge in [0.25, 0.3) is 17.2 Å². The Kier molecular flexibility index (Phi) is 4.50. The van der Waals surface area contributed by atoms with E-state index in [0.29, 0.717) is 15.2 Å². The molecule has 28 heavy (non-hydrogen) atoms. The number of halogens is 1. The summed E-state index contributed by atoms with van der Waals surface area (Å²) in [6.45, 7) is -0.210. The second-order valence-electron chi connectivity index (χ2n) is 5.83. The lowest BCUT2D eigenvalue weighted by Gasteiger charge is -2.07. The Morgan fingerprint density at radius 1 is 1.14 bits per heavy atom. The summed E-state index contributed by atoms with van der Waals surface area (Å²) in [5.74, 6) is -0.962. The summed E-state index contributed by atoms with van der Waals surface area (Å²) in [5, 5.41) is 32.7. The molecule has 2 aromatic carbocycles. The number of fused-ring (bicyclic) bond motifs is 1. The molecule has 2 aromatic heterocycles. The molecule has 140 valence electrons. The Morgan fingerprint density at radius 3 is 2.71 bits per heavy atom. The summed E-state index contributed by atoms with van der Waals surface area (Å²) in [6.07, 6.45) is 2.47. The van der Waals surface area contributed by atoms with Gasteiger partial charge in [-0.25, -0.2) is 9.48 Å². The van der Waals surface area contributed by atoms with E-state index in [1.165, 1.54) is 22.9 Å². The lowest BCUT2D eigenvalue weighted by molar-refractivity contribution is -0.630. The molecule has 4 aromatic rings. The number of hydrogen-bond acceptors (Lipinski definition) is 6. The van der Waals surface area contributed by atoms with Crippen LogP contribution in [0.5, 0.6) is 0 Å². The van der Waals surface area contributed by atoms with E-state index in [1.54, 1.807) is 6.20 Å². The minimum atomic E-state index is -0.962. The highest BCUT2D eigenvalue weighted by Gasteiger charge is 2.27. The van der Waals surface area contributed by atoms with E-state index < -0.39 is 11.7 Å². The first-order valence-corrected chi connectivity index (χ1v) is 8.49. The van der Waals surface area contributed by atoms with Gasteiger partial charge in [-0.1, -0.05) is 35.0 Å². The van der Waals surface area contributed by atoms with Gasteiger partial charge in [-0.2, -0.15) is 4.73 Å². The van der Waals surface area contributed by atoms with Crippen LogP contribution in [0, 0.1) is 10.4 Å². The summed E-state index contributed by atoms with van der Waals surface area (Å²) >= 11 is 5.87. The summed E-state index contributed by atoms with van der Waals surface area (Å²) in [7, 11) is 0. The molecular formula is C18H12ClN5O4. The van der Waals surface area contributed by atoms with Crippen molar-refractivity contribution in [1.82, 2.24) is 15.0 Å². The predicted molar refractivity (Wildman–Crippen MR) is 97.4 cm³/mol. The van der Waals surface area contributed by atoms with Crippen molar-refractivity contribution in [3.05, 3.63) is 87.7 Å². The molecule has 0 bridgehead atoms. The van der Waals surface area contributed by atoms with Gasteiger partial charge in [0.2, 0.25) is 0 Å². The zero-order valence-corrected chi connectivity index (χ0v) is 15.0. The maximum absolute atomic E-state index is 12.4. The first kappa shape index (κ1) is 17.7. The molecule has 0 aliphatic heterocycles. The second-order valence-corrected chi connectivity index (χ2v) is 6.27. The topological polar surface area (TPSA) is 111 Å². The first-order valence-electron chi connectivity index (χ1n) is 8.12. The maximum Gasteiger partial charge on any atom is 0.412 e. The van der Waals surface area contributed by atoms with Crippen molar-refractivity contribution < 1.29 is 19.0 Å². The number of rotatable bonds is 4. The van der Waals surface area contributed by atoms with Gasteiger partial charge in [0.15, 0.2) is 0 Å². The van der Waals surface area contributed by atoms with Gasteiger partial charge in [0.05, 0.1) is 11.9 Å². The maximum atomic E-state index is 12.4. The molecule has 0 unspecified atom stereocenters. The number of carbonyl (C=O) groups is 1. The monoisotopic (exact) mass is 397 g/mol. The molecule has 0 N–H and O–H groups in total. The number of esters is 1. The second kappa shape index (κ2) is 7.12. The molecule has 0 radical (unpaired) electrons. The van der Waals surface area contributed by atoms with E-state index in [1.807, 2.05) is 30.3 Å². The van der Waals surface area contributed by atoms with Crippen molar-refractivity contribution in [3.8, 4) is 5.69 Å². The summed E-state index contributed by atoms with van der Waals surface area (Å²) in [4.78, 5) is 12.3. The Labute approximate surface area is 163 Å². The quantitative estimate of drug-likeness (QED) is 0.294. The number of ether oxygens (including phenoxy) is 1. The molecule has 4 rings (SSSR count). The van der Waals surface area contributed by atoms with Gasteiger partial charge in [-0.05, 0) is 18.2 Å². The molecule has 10 heteroatoms. The fourth-order valence-electron chi connectivity index (χ4n) is 2.63. The van der Waals surface area contributed by atoms with Gasteiger partial charge in [-0.15, -0.1) is 9.83 Å². The van der Waals surface area contributed by atoms with Crippen LogP contribution in [-0.4, -0.2) is 21.0 Å². The molecule has 9 nitrogen and oxygen atoms in total. The number of benzene rings is 2. The van der Waals surface area contributed by atoms with Crippen LogP contribution in [0.3, 0.4) is 0 Å². The average Bonchev–Trinajstić information content (AvgIpc) is 3.18. The van der Waals surface area contributed by atoms with E-state index >= 15 is 0 Å². The molecule has 0 atom stereocenters. The highest BCUT2D eigenvalue weighted by molar-refractivity contribution is 6.31. The van der Waals surface area contributed by atoms with E-state index in [2.05, 4.69) is 10.3 Å². The van der Waals surface area contributed by atoms with Crippen molar-refractivity contribution in [2.45, 2.75) is 6.61 Å². The van der Waals surface area contributed by atoms with Gasteiger partial charge < -0.3 is 15.2 Å². The lowest BCUT2D eigenvalue weighted by Crippen LogP contribution is -2.43. The normalized spacial score (nSPS) is 10.9. The number of carbonyl (C=O) groups excluding carboxylic acids is 1. The average molecular weight is 398 g/mol. The molecular weight excluding hydrogens is 386 g/mol. The minimum Gasteiger partial charge on any atom is -0.618 e. The Hall–Kier alpha value is -3.72. The highest BCUT2D eigenvalue weighted by atomic mass is 35.5. The van der Waals surface area contributed by atoms with Crippen LogP contribution in [-0.2, 0) is 11.3 Å². The van der Waals surface area contributed by atoms with Crippen LogP contribution in [0.4, 0.5) is 0 Å². The van der Waals surface area contributed by atoms with Crippen LogP contribution in [0.15, 0.2) is 60.9 Å². The summed E-state index contributed by atoms with van der Waals surface area (Å²) in [5.41, 5.74) is 0.770. The molecule has 0 spiro atoms. The van der Waals surface area contributed by atoms with Gasteiger partial charge >= 0.3 is 11.7 Å². The molecule has 2 heterocycles. The summed E-state index contributed by atoms with van der Waals surface area (Å²) < 4.78 is 7.38. The number of nitrogens with zero attached hydrogens (tertiary/aromatic N) is 5. The third-order valence-electron chi connectivity index (χ3n) is 3.97. The molecule has 0 saturated heterocycles. The highest BCUT2D eigenvalue weighted by Crippen LogP contribution is 2.14. The largest absolute Gasteiger partial charge is 0.618 e. The zero-order valence-electron chi connectivity index (χ0n) is 14.2. The SMILES string of the molecule is O=C(OCc1cn(-c2ccccc2)nn1)c1c[n+]([O-])c2ccc(Cl)cc2[n+]1[O-]. The van der Waals surface area contributed by atoms with Crippen molar-refractivity contribution in [2.24, 2.45) is 0 Å². The molecule has 0 fully saturated rings. The third kappa shape index (κ3) is 3.30. The zero-order chi connectivity index (χ0) is 19.7. The van der Waals surface area contributed by atoms with Crippen molar-refractivity contribution in [3.63, 3.8) is 0 Å². The van der Waals surface area contributed by atoms with Crippen molar-refractivity contribution in [2.75, 3.05) is 0 Å². The van der Waals surface area contributed by atoms with E-state index in [-0.39, 0.29) is 22.7 Å². The van der Waals surface area contributed by atoms with Gasteiger partial charge in [0.1, 0.15) is 12.3 Å². The van der Waals surface area contributed by atoms with E-state index in [4.69, 9.17) is 16.3 Å². The summed E-state index contributed by atoms with van der Waals surface area (Å²) in [6, 6.07) is 13.5. The van der Waals surface area contributed by atoms with Crippen molar-refractivity contribution in [1.29, 1.82) is 0 Å². The van der Waals surface area contributed by atoms with Crippen LogP contribution < -0.4 is 9.46 Å².